The molecule has 6 heteroatoms. The first-order chi connectivity index (χ1) is 14.6. The first-order valence-corrected chi connectivity index (χ1v) is 10.5. The van der Waals surface area contributed by atoms with Crippen LogP contribution in [0.4, 0.5) is 0 Å². The van der Waals surface area contributed by atoms with Crippen molar-refractivity contribution in [2.75, 3.05) is 13.2 Å². The van der Waals surface area contributed by atoms with E-state index in [1.54, 1.807) is 0 Å². The van der Waals surface area contributed by atoms with E-state index in [9.17, 15) is 9.90 Å². The monoisotopic (exact) mass is 405 g/mol. The SMILES string of the molecule is N#CCC(=O)NCc1ccc(CN2Cc3ccc(OCC4CC4)cc3C(O)C2)cc1. The van der Waals surface area contributed by atoms with Gasteiger partial charge >= 0.3 is 0 Å². The Morgan fingerprint density at radius 3 is 2.70 bits per heavy atom. The maximum absolute atomic E-state index is 11.4. The van der Waals surface area contributed by atoms with E-state index in [0.29, 0.717) is 19.0 Å². The fourth-order valence-corrected chi connectivity index (χ4v) is 3.74. The fraction of sp³-hybridized carbons (Fsp3) is 0.417. The number of ether oxygens (including phenoxy) is 1. The molecular formula is C24H27N3O3. The molecule has 2 aromatic carbocycles. The molecule has 0 spiro atoms. The van der Waals surface area contributed by atoms with E-state index in [-0.39, 0.29) is 12.3 Å². The molecule has 1 amide bonds. The number of amides is 1. The number of aliphatic hydroxyl groups is 1. The zero-order chi connectivity index (χ0) is 20.9. The zero-order valence-corrected chi connectivity index (χ0v) is 17.0. The van der Waals surface area contributed by atoms with Gasteiger partial charge in [-0.1, -0.05) is 30.3 Å². The summed E-state index contributed by atoms with van der Waals surface area (Å²) in [6.45, 7) is 3.32. The van der Waals surface area contributed by atoms with Gasteiger partial charge in [-0.05, 0) is 53.1 Å². The van der Waals surface area contributed by atoms with Crippen LogP contribution in [0.3, 0.4) is 0 Å². The first-order valence-electron chi connectivity index (χ1n) is 10.5. The Morgan fingerprint density at radius 1 is 1.20 bits per heavy atom. The van der Waals surface area contributed by atoms with Crippen LogP contribution in [-0.4, -0.2) is 29.1 Å². The van der Waals surface area contributed by atoms with Gasteiger partial charge in [-0.2, -0.15) is 5.26 Å². The van der Waals surface area contributed by atoms with Crippen LogP contribution in [0.1, 0.15) is 47.6 Å². The lowest BCUT2D eigenvalue weighted by Crippen LogP contribution is -2.33. The number of hydrogen-bond donors (Lipinski definition) is 2. The summed E-state index contributed by atoms with van der Waals surface area (Å²) >= 11 is 0. The van der Waals surface area contributed by atoms with E-state index < -0.39 is 6.10 Å². The van der Waals surface area contributed by atoms with Gasteiger partial charge in [0.2, 0.25) is 5.91 Å². The molecule has 1 saturated carbocycles. The highest BCUT2D eigenvalue weighted by Gasteiger charge is 2.25. The topological polar surface area (TPSA) is 85.6 Å². The Hall–Kier alpha value is -2.88. The minimum atomic E-state index is -0.521. The first kappa shape index (κ1) is 20.4. The number of β-amino-alcohol motifs (C(OH)–C–C–N with tert-alkyl or cyclic N) is 1. The summed E-state index contributed by atoms with van der Waals surface area (Å²) in [5.41, 5.74) is 4.27. The summed E-state index contributed by atoms with van der Waals surface area (Å²) in [5, 5.41) is 21.9. The van der Waals surface area contributed by atoms with Crippen LogP contribution in [-0.2, 0) is 24.4 Å². The number of nitrogens with zero attached hydrogens (tertiary/aromatic N) is 2. The molecule has 2 aliphatic rings. The van der Waals surface area contributed by atoms with Crippen LogP contribution in [0.15, 0.2) is 42.5 Å². The number of carbonyl (C=O) groups excluding carboxylic acids is 1. The molecule has 156 valence electrons. The van der Waals surface area contributed by atoms with Gasteiger partial charge in [0.1, 0.15) is 12.2 Å². The van der Waals surface area contributed by atoms with Crippen molar-refractivity contribution < 1.29 is 14.6 Å². The van der Waals surface area contributed by atoms with Gasteiger partial charge in [0.25, 0.3) is 0 Å². The van der Waals surface area contributed by atoms with Crippen molar-refractivity contribution in [3.63, 3.8) is 0 Å². The number of nitriles is 1. The second-order valence-corrected chi connectivity index (χ2v) is 8.23. The normalized spacial score (nSPS) is 18.3. The molecule has 4 rings (SSSR count). The molecule has 6 nitrogen and oxygen atoms in total. The quantitative estimate of drug-likeness (QED) is 0.705. The summed E-state index contributed by atoms with van der Waals surface area (Å²) in [6.07, 6.45) is 1.89. The molecule has 0 radical (unpaired) electrons. The van der Waals surface area contributed by atoms with Crippen molar-refractivity contribution in [2.45, 2.75) is 45.0 Å². The summed E-state index contributed by atoms with van der Waals surface area (Å²) in [5.74, 6) is 1.30. The fourth-order valence-electron chi connectivity index (χ4n) is 3.74. The van der Waals surface area contributed by atoms with E-state index in [0.717, 1.165) is 47.7 Å². The average molecular weight is 405 g/mol. The van der Waals surface area contributed by atoms with E-state index in [2.05, 4.69) is 16.3 Å². The summed E-state index contributed by atoms with van der Waals surface area (Å²) in [7, 11) is 0. The molecule has 2 aromatic rings. The molecule has 1 unspecified atom stereocenters. The van der Waals surface area contributed by atoms with Crippen LogP contribution in [0.2, 0.25) is 0 Å². The highest BCUT2D eigenvalue weighted by Crippen LogP contribution is 2.33. The Morgan fingerprint density at radius 2 is 1.97 bits per heavy atom. The maximum atomic E-state index is 11.4. The highest BCUT2D eigenvalue weighted by atomic mass is 16.5. The van der Waals surface area contributed by atoms with Crippen LogP contribution in [0.5, 0.6) is 5.75 Å². The molecule has 1 heterocycles. The number of fused-ring (bicyclic) bond motifs is 1. The predicted molar refractivity (Wildman–Crippen MR) is 112 cm³/mol. The third-order valence-electron chi connectivity index (χ3n) is 5.64. The Bertz CT molecular complexity index is 932. The largest absolute Gasteiger partial charge is 0.493 e. The van der Waals surface area contributed by atoms with E-state index in [1.807, 2.05) is 42.5 Å². The molecule has 1 atom stereocenters. The molecule has 2 N–H and O–H groups in total. The van der Waals surface area contributed by atoms with Crippen molar-refractivity contribution in [2.24, 2.45) is 5.92 Å². The van der Waals surface area contributed by atoms with Crippen molar-refractivity contribution in [1.29, 1.82) is 5.26 Å². The molecule has 30 heavy (non-hydrogen) atoms. The summed E-state index contributed by atoms with van der Waals surface area (Å²) < 4.78 is 5.86. The van der Waals surface area contributed by atoms with E-state index in [1.165, 1.54) is 12.8 Å². The van der Waals surface area contributed by atoms with E-state index >= 15 is 0 Å². The third-order valence-corrected chi connectivity index (χ3v) is 5.64. The molecule has 0 saturated heterocycles. The van der Waals surface area contributed by atoms with Crippen molar-refractivity contribution in [1.82, 2.24) is 10.2 Å². The van der Waals surface area contributed by atoms with E-state index in [4.69, 9.17) is 10.00 Å². The number of hydrogen-bond acceptors (Lipinski definition) is 5. The van der Waals surface area contributed by atoms with Crippen molar-refractivity contribution in [3.05, 3.63) is 64.7 Å². The highest BCUT2D eigenvalue weighted by molar-refractivity contribution is 5.77. The zero-order valence-electron chi connectivity index (χ0n) is 17.0. The smallest absolute Gasteiger partial charge is 0.234 e. The number of nitrogens with one attached hydrogen (secondary N) is 1. The van der Waals surface area contributed by atoms with Gasteiger partial charge in [0, 0.05) is 26.2 Å². The Balaban J connectivity index is 1.32. The summed E-state index contributed by atoms with van der Waals surface area (Å²) in [6, 6.07) is 16.0. The van der Waals surface area contributed by atoms with Gasteiger partial charge in [-0.15, -0.1) is 0 Å². The van der Waals surface area contributed by atoms with Crippen LogP contribution >= 0.6 is 0 Å². The van der Waals surface area contributed by atoms with Gasteiger partial charge in [0.05, 0.1) is 18.8 Å². The minimum Gasteiger partial charge on any atom is -0.493 e. The molecule has 1 fully saturated rings. The second kappa shape index (κ2) is 9.29. The molecular weight excluding hydrogens is 378 g/mol. The molecule has 0 bridgehead atoms. The Labute approximate surface area is 177 Å². The minimum absolute atomic E-state index is 0.120. The van der Waals surface area contributed by atoms with Crippen molar-refractivity contribution >= 4 is 5.91 Å². The maximum Gasteiger partial charge on any atom is 0.234 e. The number of carbonyl (C=O) groups is 1. The van der Waals surface area contributed by atoms with Gasteiger partial charge < -0.3 is 15.2 Å². The lowest BCUT2D eigenvalue weighted by atomic mass is 9.96. The predicted octanol–water partition coefficient (Wildman–Crippen LogP) is 3.05. The number of aliphatic hydroxyl groups excluding tert-OH is 1. The third kappa shape index (κ3) is 5.38. The molecule has 1 aliphatic carbocycles. The lowest BCUT2D eigenvalue weighted by Gasteiger charge is -2.32. The number of rotatable bonds is 8. The average Bonchev–Trinajstić information content (AvgIpc) is 3.57. The molecule has 0 aromatic heterocycles. The Kier molecular flexibility index (Phi) is 6.32. The van der Waals surface area contributed by atoms with Crippen molar-refractivity contribution in [3.8, 4) is 11.8 Å². The standard InChI is InChI=1S/C24H27N3O3/c25-10-9-24(29)26-12-17-1-3-18(4-2-17)13-27-14-20-7-8-21(30-16-19-5-6-19)11-22(20)23(28)15-27/h1-4,7-8,11,19,23,28H,5-6,9,12-16H2,(H,26,29). The van der Waals surface area contributed by atoms with Gasteiger partial charge in [-0.3, -0.25) is 9.69 Å². The second-order valence-electron chi connectivity index (χ2n) is 8.23. The van der Waals surface area contributed by atoms with Gasteiger partial charge in [0.15, 0.2) is 0 Å². The summed E-state index contributed by atoms with van der Waals surface area (Å²) in [4.78, 5) is 13.6. The van der Waals surface area contributed by atoms with Gasteiger partial charge in [-0.25, -0.2) is 0 Å². The number of benzene rings is 2. The van der Waals surface area contributed by atoms with Crippen LogP contribution < -0.4 is 10.1 Å². The lowest BCUT2D eigenvalue weighted by molar-refractivity contribution is -0.120. The van der Waals surface area contributed by atoms with Crippen LogP contribution in [0.25, 0.3) is 0 Å². The van der Waals surface area contributed by atoms with Crippen LogP contribution in [0, 0.1) is 17.2 Å². The molecule has 1 aliphatic heterocycles.